The van der Waals surface area contributed by atoms with Gasteiger partial charge in [0.2, 0.25) is 5.91 Å². The molecule has 0 spiro atoms. The molecule has 0 heterocycles. The number of hydrogen-bond acceptors (Lipinski definition) is 2. The van der Waals surface area contributed by atoms with Crippen molar-refractivity contribution in [3.63, 3.8) is 0 Å². The van der Waals surface area contributed by atoms with Gasteiger partial charge in [-0.15, -0.1) is 0 Å². The fraction of sp³-hybridized carbons (Fsp3) is 0.933. The Hall–Kier alpha value is -0.570. The van der Waals surface area contributed by atoms with Gasteiger partial charge < -0.3 is 10.4 Å². The van der Waals surface area contributed by atoms with Crippen LogP contribution < -0.4 is 5.32 Å². The zero-order chi connectivity index (χ0) is 13.8. The van der Waals surface area contributed by atoms with E-state index in [0.717, 1.165) is 19.3 Å². The van der Waals surface area contributed by atoms with E-state index in [9.17, 15) is 4.79 Å². The van der Waals surface area contributed by atoms with Gasteiger partial charge in [0.05, 0.1) is 12.0 Å². The molecular formula is C15H29NO2. The van der Waals surface area contributed by atoms with Gasteiger partial charge in [-0.3, -0.25) is 4.79 Å². The molecule has 0 aromatic carbocycles. The zero-order valence-corrected chi connectivity index (χ0v) is 12.3. The van der Waals surface area contributed by atoms with Crippen LogP contribution in [0.4, 0.5) is 0 Å². The van der Waals surface area contributed by atoms with Crippen LogP contribution in [0, 0.1) is 23.2 Å². The van der Waals surface area contributed by atoms with Gasteiger partial charge in [-0.2, -0.15) is 0 Å². The molecule has 3 nitrogen and oxygen atoms in total. The van der Waals surface area contributed by atoms with Crippen LogP contribution in [0.2, 0.25) is 0 Å². The fourth-order valence-corrected chi connectivity index (χ4v) is 3.76. The minimum atomic E-state index is -0.221. The molecular weight excluding hydrogens is 226 g/mol. The monoisotopic (exact) mass is 255 g/mol. The summed E-state index contributed by atoms with van der Waals surface area (Å²) in [5.74, 6) is 1.79. The van der Waals surface area contributed by atoms with Crippen LogP contribution in [0.1, 0.15) is 53.4 Å². The predicted octanol–water partition coefficient (Wildman–Crippen LogP) is 2.58. The Kier molecular flexibility index (Phi) is 5.64. The third-order valence-corrected chi connectivity index (χ3v) is 4.68. The predicted molar refractivity (Wildman–Crippen MR) is 74.2 cm³/mol. The molecule has 0 saturated heterocycles. The van der Waals surface area contributed by atoms with Crippen molar-refractivity contribution >= 4 is 5.91 Å². The average molecular weight is 255 g/mol. The summed E-state index contributed by atoms with van der Waals surface area (Å²) < 4.78 is 0. The summed E-state index contributed by atoms with van der Waals surface area (Å²) in [5, 5.41) is 11.8. The largest absolute Gasteiger partial charge is 0.395 e. The Morgan fingerprint density at radius 2 is 2.11 bits per heavy atom. The molecule has 0 bridgehead atoms. The quantitative estimate of drug-likeness (QED) is 0.793. The van der Waals surface area contributed by atoms with Crippen molar-refractivity contribution < 1.29 is 9.90 Å². The summed E-state index contributed by atoms with van der Waals surface area (Å²) in [6.45, 7) is 9.23. The second kappa shape index (κ2) is 6.55. The smallest absolute Gasteiger partial charge is 0.226 e. The molecule has 0 aromatic heterocycles. The first-order valence-electron chi connectivity index (χ1n) is 7.37. The number of carbonyl (C=O) groups excluding carboxylic acids is 1. The lowest BCUT2D eigenvalue weighted by atomic mass is 9.58. The summed E-state index contributed by atoms with van der Waals surface area (Å²) >= 11 is 0. The zero-order valence-electron chi connectivity index (χ0n) is 12.3. The molecule has 3 atom stereocenters. The Morgan fingerprint density at radius 1 is 1.44 bits per heavy atom. The van der Waals surface area contributed by atoms with Crippen molar-refractivity contribution in [3.05, 3.63) is 0 Å². The van der Waals surface area contributed by atoms with Crippen molar-refractivity contribution in [2.75, 3.05) is 13.2 Å². The first kappa shape index (κ1) is 15.5. The third kappa shape index (κ3) is 3.05. The van der Waals surface area contributed by atoms with Crippen LogP contribution in [-0.2, 0) is 4.79 Å². The number of aliphatic hydroxyl groups is 1. The van der Waals surface area contributed by atoms with Gasteiger partial charge in [-0.05, 0) is 37.0 Å². The lowest BCUT2D eigenvalue weighted by Crippen LogP contribution is -2.50. The maximum absolute atomic E-state index is 12.5. The fourth-order valence-electron chi connectivity index (χ4n) is 3.76. The molecule has 106 valence electrons. The van der Waals surface area contributed by atoms with E-state index >= 15 is 0 Å². The van der Waals surface area contributed by atoms with Crippen LogP contribution >= 0.6 is 0 Å². The number of hydrogen-bond donors (Lipinski definition) is 2. The molecule has 1 aliphatic rings. The molecule has 0 radical (unpaired) electrons. The molecule has 3 unspecified atom stereocenters. The number of amides is 1. The van der Waals surface area contributed by atoms with Crippen molar-refractivity contribution in [2.24, 2.45) is 23.2 Å². The summed E-state index contributed by atoms with van der Waals surface area (Å²) in [5.41, 5.74) is -0.221. The number of rotatable bonds is 5. The maximum Gasteiger partial charge on any atom is 0.226 e. The Morgan fingerprint density at radius 3 is 2.61 bits per heavy atom. The Labute approximate surface area is 111 Å². The van der Waals surface area contributed by atoms with E-state index in [2.05, 4.69) is 33.0 Å². The Bertz CT molecular complexity index is 278. The van der Waals surface area contributed by atoms with Gasteiger partial charge in [0.25, 0.3) is 0 Å². The highest BCUT2D eigenvalue weighted by Gasteiger charge is 2.48. The summed E-state index contributed by atoms with van der Waals surface area (Å²) in [6, 6.07) is 0. The second-order valence-electron chi connectivity index (χ2n) is 6.23. The highest BCUT2D eigenvalue weighted by Crippen LogP contribution is 2.49. The minimum absolute atomic E-state index is 0.0213. The lowest BCUT2D eigenvalue weighted by Gasteiger charge is -2.46. The summed E-state index contributed by atoms with van der Waals surface area (Å²) in [4.78, 5) is 12.5. The molecule has 2 N–H and O–H groups in total. The third-order valence-electron chi connectivity index (χ3n) is 4.68. The highest BCUT2D eigenvalue weighted by molar-refractivity contribution is 5.83. The topological polar surface area (TPSA) is 49.3 Å². The standard InChI is InChI=1S/C15H29NO2/c1-5-15(14(18)16-8-9-17)10-12(4)6-7-13(15)11(2)3/h11-13,17H,5-10H2,1-4H3,(H,16,18). The molecule has 1 saturated carbocycles. The molecule has 1 aliphatic carbocycles. The van der Waals surface area contributed by atoms with E-state index < -0.39 is 0 Å². The first-order chi connectivity index (χ1) is 8.47. The summed E-state index contributed by atoms with van der Waals surface area (Å²) in [7, 11) is 0. The van der Waals surface area contributed by atoms with E-state index in [1.165, 1.54) is 6.42 Å². The first-order valence-corrected chi connectivity index (χ1v) is 7.37. The van der Waals surface area contributed by atoms with Crippen molar-refractivity contribution in [1.82, 2.24) is 5.32 Å². The van der Waals surface area contributed by atoms with Crippen LogP contribution in [0.3, 0.4) is 0 Å². The van der Waals surface area contributed by atoms with Gasteiger partial charge in [0, 0.05) is 6.54 Å². The van der Waals surface area contributed by atoms with E-state index in [0.29, 0.717) is 24.3 Å². The van der Waals surface area contributed by atoms with E-state index in [1.807, 2.05) is 0 Å². The number of aliphatic hydroxyl groups excluding tert-OH is 1. The van der Waals surface area contributed by atoms with Crippen LogP contribution in [0.15, 0.2) is 0 Å². The average Bonchev–Trinajstić information content (AvgIpc) is 2.34. The van der Waals surface area contributed by atoms with E-state index in [1.54, 1.807) is 0 Å². The van der Waals surface area contributed by atoms with Crippen molar-refractivity contribution in [3.8, 4) is 0 Å². The molecule has 18 heavy (non-hydrogen) atoms. The molecule has 0 aliphatic heterocycles. The number of carbonyl (C=O) groups is 1. The lowest BCUT2D eigenvalue weighted by molar-refractivity contribution is -0.140. The number of nitrogens with one attached hydrogen (secondary N) is 1. The second-order valence-corrected chi connectivity index (χ2v) is 6.23. The molecule has 1 rings (SSSR count). The van der Waals surface area contributed by atoms with Crippen molar-refractivity contribution in [1.29, 1.82) is 0 Å². The van der Waals surface area contributed by atoms with Crippen LogP contribution in [0.5, 0.6) is 0 Å². The molecule has 1 fully saturated rings. The SMILES string of the molecule is CCC1(C(=O)NCCO)CC(C)CCC1C(C)C. The van der Waals surface area contributed by atoms with Crippen LogP contribution in [-0.4, -0.2) is 24.2 Å². The van der Waals surface area contributed by atoms with Crippen molar-refractivity contribution in [2.45, 2.75) is 53.4 Å². The van der Waals surface area contributed by atoms with E-state index in [4.69, 9.17) is 5.11 Å². The van der Waals surface area contributed by atoms with Gasteiger partial charge in [0.15, 0.2) is 0 Å². The van der Waals surface area contributed by atoms with Gasteiger partial charge in [-0.1, -0.05) is 34.1 Å². The normalized spacial score (nSPS) is 32.6. The molecule has 0 aromatic rings. The van der Waals surface area contributed by atoms with Gasteiger partial charge in [-0.25, -0.2) is 0 Å². The maximum atomic E-state index is 12.5. The molecule has 3 heteroatoms. The molecule has 1 amide bonds. The highest BCUT2D eigenvalue weighted by atomic mass is 16.3. The minimum Gasteiger partial charge on any atom is -0.395 e. The van der Waals surface area contributed by atoms with E-state index in [-0.39, 0.29) is 17.9 Å². The van der Waals surface area contributed by atoms with Crippen LogP contribution in [0.25, 0.3) is 0 Å². The Balaban J connectivity index is 2.93. The van der Waals surface area contributed by atoms with Gasteiger partial charge >= 0.3 is 0 Å². The summed E-state index contributed by atoms with van der Waals surface area (Å²) in [6.07, 6.45) is 4.28. The van der Waals surface area contributed by atoms with Gasteiger partial charge in [0.1, 0.15) is 0 Å².